The number of alkyl halides is 3. The molecule has 0 N–H and O–H groups in total. The molecular formula is C5H9F3OSe. The van der Waals surface area contributed by atoms with Crippen LogP contribution in [0.4, 0.5) is 13.2 Å². The average Bonchev–Trinajstić information content (AvgIpc) is 1.59. The van der Waals surface area contributed by atoms with Crippen LogP contribution >= 0.6 is 0 Å². The molecule has 0 spiro atoms. The molecule has 0 aromatic carbocycles. The first-order valence-electron chi connectivity index (χ1n) is 2.45. The Kier molecular flexibility index (Phi) is 2.54. The van der Waals surface area contributed by atoms with Crippen molar-refractivity contribution < 1.29 is 18.0 Å². The van der Waals surface area contributed by atoms with Crippen LogP contribution in [0.3, 0.4) is 0 Å². The van der Waals surface area contributed by atoms with Crippen molar-refractivity contribution >= 4 is 17.5 Å². The van der Waals surface area contributed by atoms with E-state index in [1.807, 2.05) is 0 Å². The van der Waals surface area contributed by atoms with Gasteiger partial charge in [0.2, 0.25) is 0 Å². The van der Waals surface area contributed by atoms with E-state index in [1.165, 1.54) is 17.5 Å². The van der Waals surface area contributed by atoms with E-state index >= 15 is 0 Å². The first-order valence-corrected chi connectivity index (χ1v) is 8.45. The third-order valence-electron chi connectivity index (χ3n) is 0.788. The van der Waals surface area contributed by atoms with Crippen molar-refractivity contribution in [2.45, 2.75) is 23.6 Å². The van der Waals surface area contributed by atoms with Gasteiger partial charge in [-0.2, -0.15) is 0 Å². The number of carbonyl (C=O) groups is 1. The van der Waals surface area contributed by atoms with Crippen LogP contribution in [0.25, 0.3) is 0 Å². The number of halogens is 3. The normalized spacial score (nSPS) is 15.0. The number of rotatable bonds is 1. The summed E-state index contributed by atoms with van der Waals surface area (Å²) in [6.45, 7) is 0. The van der Waals surface area contributed by atoms with Crippen LogP contribution in [0, 0.1) is 0 Å². The van der Waals surface area contributed by atoms with Gasteiger partial charge in [-0.1, -0.05) is 0 Å². The second-order valence-electron chi connectivity index (χ2n) is 2.62. The zero-order valence-electron chi connectivity index (χ0n) is 5.95. The second-order valence-corrected chi connectivity index (χ2v) is 11.1. The third kappa shape index (κ3) is 2.71. The topological polar surface area (TPSA) is 17.1 Å². The first-order chi connectivity index (χ1) is 4.15. The van der Waals surface area contributed by atoms with E-state index in [0.717, 1.165) is 0 Å². The zero-order chi connectivity index (χ0) is 8.58. The van der Waals surface area contributed by atoms with Crippen LogP contribution in [-0.2, 0) is 4.79 Å². The molecule has 0 saturated carbocycles. The molecule has 0 rings (SSSR count). The molecule has 0 saturated heterocycles. The van der Waals surface area contributed by atoms with Crippen LogP contribution in [0.5, 0.6) is 0 Å². The van der Waals surface area contributed by atoms with Gasteiger partial charge in [-0.3, -0.25) is 0 Å². The summed E-state index contributed by atoms with van der Waals surface area (Å²) in [6, 6.07) is 0. The van der Waals surface area contributed by atoms with Crippen LogP contribution in [0.2, 0.25) is 17.5 Å². The van der Waals surface area contributed by atoms with E-state index in [4.69, 9.17) is 0 Å². The minimum atomic E-state index is -4.63. The monoisotopic (exact) mass is 222 g/mol. The van der Waals surface area contributed by atoms with E-state index in [9.17, 15) is 18.0 Å². The van der Waals surface area contributed by atoms with E-state index in [1.54, 1.807) is 0 Å². The van der Waals surface area contributed by atoms with Gasteiger partial charge in [0.05, 0.1) is 0 Å². The summed E-state index contributed by atoms with van der Waals surface area (Å²) in [5, 5.41) is 0. The molecule has 0 aliphatic heterocycles. The summed E-state index contributed by atoms with van der Waals surface area (Å²) in [7, 11) is 0. The van der Waals surface area contributed by atoms with Crippen LogP contribution < -0.4 is 0 Å². The van der Waals surface area contributed by atoms with Crippen molar-refractivity contribution in [1.29, 1.82) is 0 Å². The quantitative estimate of drug-likeness (QED) is 0.619. The van der Waals surface area contributed by atoms with Crippen molar-refractivity contribution in [1.82, 2.24) is 0 Å². The maximum atomic E-state index is 11.6. The minimum absolute atomic E-state index is 1.40. The molecule has 0 amide bonds. The predicted molar refractivity (Wildman–Crippen MR) is 34.4 cm³/mol. The van der Waals surface area contributed by atoms with Gasteiger partial charge in [-0.15, -0.1) is 0 Å². The zero-order valence-corrected chi connectivity index (χ0v) is 7.66. The second kappa shape index (κ2) is 2.55. The standard InChI is InChI=1S/C5H9F3OSe/c1-10(2,3)4(9)5(6,7)8/h1-3H3. The van der Waals surface area contributed by atoms with Gasteiger partial charge in [0.25, 0.3) is 0 Å². The Balaban J connectivity index is 4.40. The van der Waals surface area contributed by atoms with E-state index in [0.29, 0.717) is 0 Å². The summed E-state index contributed by atoms with van der Waals surface area (Å²) in [5.41, 5.74) is 0. The van der Waals surface area contributed by atoms with Gasteiger partial charge in [0.1, 0.15) is 0 Å². The summed E-state index contributed by atoms with van der Waals surface area (Å²) < 4.78 is 33.4. The van der Waals surface area contributed by atoms with Gasteiger partial charge >= 0.3 is 59.1 Å². The van der Waals surface area contributed by atoms with Crippen LogP contribution in [0.15, 0.2) is 0 Å². The van der Waals surface area contributed by atoms with E-state index in [-0.39, 0.29) is 0 Å². The Morgan fingerprint density at radius 1 is 1.20 bits per heavy atom. The molecule has 0 fully saturated rings. The summed E-state index contributed by atoms with van der Waals surface area (Å²) in [4.78, 5) is 10.4. The Morgan fingerprint density at radius 2 is 1.50 bits per heavy atom. The molecule has 0 radical (unpaired) electrons. The number of carbonyl (C=O) groups excluding carboxylic acids is 1. The molecule has 0 aliphatic carbocycles. The van der Waals surface area contributed by atoms with Crippen molar-refractivity contribution in [3.05, 3.63) is 0 Å². The van der Waals surface area contributed by atoms with Crippen molar-refractivity contribution in [3.8, 4) is 0 Å². The van der Waals surface area contributed by atoms with Crippen molar-refractivity contribution in [3.63, 3.8) is 0 Å². The van der Waals surface area contributed by atoms with E-state index in [2.05, 4.69) is 0 Å². The number of hydrogen-bond donors (Lipinski definition) is 0. The van der Waals surface area contributed by atoms with E-state index < -0.39 is 23.7 Å². The van der Waals surface area contributed by atoms with Crippen LogP contribution in [-0.4, -0.2) is 23.7 Å². The molecule has 1 nitrogen and oxygen atoms in total. The SMILES string of the molecule is C[Se](C)(C)C(=O)C(F)(F)F. The molecule has 62 valence electrons. The third-order valence-corrected chi connectivity index (χ3v) is 3.61. The summed E-state index contributed by atoms with van der Waals surface area (Å²) >= 11 is -2.83. The summed E-state index contributed by atoms with van der Waals surface area (Å²) in [5.74, 6) is 4.19. The summed E-state index contributed by atoms with van der Waals surface area (Å²) in [6.07, 6.45) is -4.63. The molecule has 5 heteroatoms. The molecule has 0 unspecified atom stereocenters. The molecular weight excluding hydrogens is 212 g/mol. The van der Waals surface area contributed by atoms with Crippen LogP contribution in [0.1, 0.15) is 0 Å². The van der Waals surface area contributed by atoms with Crippen molar-refractivity contribution in [2.24, 2.45) is 0 Å². The van der Waals surface area contributed by atoms with Gasteiger partial charge in [-0.05, 0) is 0 Å². The maximum absolute atomic E-state index is 11.6. The fraction of sp³-hybridized carbons (Fsp3) is 0.800. The van der Waals surface area contributed by atoms with Gasteiger partial charge < -0.3 is 0 Å². The fourth-order valence-electron chi connectivity index (χ4n) is 0.347. The van der Waals surface area contributed by atoms with Gasteiger partial charge in [0.15, 0.2) is 0 Å². The Morgan fingerprint density at radius 3 is 1.50 bits per heavy atom. The Labute approximate surface area is 59.8 Å². The molecule has 0 heterocycles. The predicted octanol–water partition coefficient (Wildman–Crippen LogP) is 2.00. The Hall–Kier alpha value is -0.0205. The Bertz CT molecular complexity index is 128. The molecule has 10 heavy (non-hydrogen) atoms. The average molecular weight is 221 g/mol. The molecule has 0 aromatic rings. The number of hydrogen-bond acceptors (Lipinski definition) is 1. The fourth-order valence-corrected chi connectivity index (χ4v) is 1.80. The molecule has 0 aromatic heterocycles. The molecule has 0 aliphatic rings. The first kappa shape index (κ1) is 9.98. The molecule has 0 bridgehead atoms. The van der Waals surface area contributed by atoms with Gasteiger partial charge in [-0.25, -0.2) is 0 Å². The van der Waals surface area contributed by atoms with Crippen molar-refractivity contribution in [2.75, 3.05) is 0 Å². The molecule has 0 atom stereocenters. The van der Waals surface area contributed by atoms with Gasteiger partial charge in [0, 0.05) is 0 Å².